The number of rotatable bonds is 5. The maximum atomic E-state index is 11.7. The Morgan fingerprint density at radius 2 is 1.96 bits per heavy atom. The number of thiocarbonyl (C=S) groups is 1. The molecular formula is C18H19ClN2O2S. The lowest BCUT2D eigenvalue weighted by Crippen LogP contribution is -2.38. The molecule has 4 nitrogen and oxygen atoms in total. The van der Waals surface area contributed by atoms with Crippen molar-refractivity contribution in [2.75, 3.05) is 19.0 Å². The van der Waals surface area contributed by atoms with Crippen LogP contribution in [0.3, 0.4) is 0 Å². The van der Waals surface area contributed by atoms with Gasteiger partial charge in [0.05, 0.1) is 7.11 Å². The summed E-state index contributed by atoms with van der Waals surface area (Å²) in [6.45, 7) is 2.52. The van der Waals surface area contributed by atoms with E-state index in [1.54, 1.807) is 11.0 Å². The van der Waals surface area contributed by atoms with Crippen molar-refractivity contribution in [2.45, 2.75) is 13.5 Å². The van der Waals surface area contributed by atoms with Gasteiger partial charge in [-0.2, -0.15) is 0 Å². The first-order valence-corrected chi connectivity index (χ1v) is 8.21. The highest BCUT2D eigenvalue weighted by molar-refractivity contribution is 7.80. The average Bonchev–Trinajstić information content (AvgIpc) is 2.57. The van der Waals surface area contributed by atoms with Gasteiger partial charge in [-0.15, -0.1) is 0 Å². The molecule has 126 valence electrons. The molecule has 0 aliphatic rings. The quantitative estimate of drug-likeness (QED) is 0.642. The lowest BCUT2D eigenvalue weighted by molar-refractivity contribution is -0.141. The first-order chi connectivity index (χ1) is 11.5. The van der Waals surface area contributed by atoms with Gasteiger partial charge in [-0.25, -0.2) is 0 Å². The van der Waals surface area contributed by atoms with E-state index in [9.17, 15) is 4.79 Å². The van der Waals surface area contributed by atoms with Crippen LogP contribution in [0.15, 0.2) is 48.5 Å². The molecule has 2 aromatic rings. The molecule has 0 saturated heterocycles. The zero-order valence-electron chi connectivity index (χ0n) is 13.6. The summed E-state index contributed by atoms with van der Waals surface area (Å²) in [4.78, 5) is 13.5. The van der Waals surface area contributed by atoms with Crippen LogP contribution in [0.25, 0.3) is 0 Å². The van der Waals surface area contributed by atoms with Crippen molar-refractivity contribution in [3.63, 3.8) is 0 Å². The van der Waals surface area contributed by atoms with Crippen molar-refractivity contribution >= 4 is 40.6 Å². The summed E-state index contributed by atoms with van der Waals surface area (Å²) in [5.74, 6) is -0.345. The Morgan fingerprint density at radius 1 is 1.25 bits per heavy atom. The predicted octanol–water partition coefficient (Wildman–Crippen LogP) is 4.02. The van der Waals surface area contributed by atoms with Crippen LogP contribution >= 0.6 is 23.8 Å². The summed E-state index contributed by atoms with van der Waals surface area (Å²) in [5, 5.41) is 4.30. The molecule has 0 amide bonds. The second-order valence-electron chi connectivity index (χ2n) is 5.31. The summed E-state index contributed by atoms with van der Waals surface area (Å²) >= 11 is 11.5. The molecule has 2 rings (SSSR count). The van der Waals surface area contributed by atoms with Crippen molar-refractivity contribution in [3.05, 3.63) is 64.7 Å². The molecule has 2 aromatic carbocycles. The molecule has 6 heteroatoms. The van der Waals surface area contributed by atoms with Gasteiger partial charge in [-0.3, -0.25) is 4.79 Å². The maximum Gasteiger partial charge on any atom is 0.325 e. The molecule has 0 unspecified atom stereocenters. The Labute approximate surface area is 152 Å². The van der Waals surface area contributed by atoms with Crippen LogP contribution in [0.2, 0.25) is 5.02 Å². The van der Waals surface area contributed by atoms with Gasteiger partial charge in [0.15, 0.2) is 5.11 Å². The molecule has 0 atom stereocenters. The molecule has 0 fully saturated rings. The number of anilines is 1. The van der Waals surface area contributed by atoms with Crippen LogP contribution in [-0.4, -0.2) is 29.6 Å². The van der Waals surface area contributed by atoms with E-state index in [0.29, 0.717) is 16.7 Å². The van der Waals surface area contributed by atoms with Crippen molar-refractivity contribution < 1.29 is 9.53 Å². The summed E-state index contributed by atoms with van der Waals surface area (Å²) in [6, 6.07) is 15.3. The second-order valence-corrected chi connectivity index (χ2v) is 6.13. The van der Waals surface area contributed by atoms with E-state index in [1.165, 1.54) is 7.11 Å². The van der Waals surface area contributed by atoms with Crippen molar-refractivity contribution in [1.29, 1.82) is 0 Å². The maximum absolute atomic E-state index is 11.7. The van der Waals surface area contributed by atoms with Crippen LogP contribution in [0.1, 0.15) is 11.1 Å². The SMILES string of the molecule is COC(=O)CN(Cc1ccccc1)C(=S)Nc1ccc(Cl)cc1C. The molecule has 0 aromatic heterocycles. The summed E-state index contributed by atoms with van der Waals surface area (Å²) in [5.41, 5.74) is 2.88. The fourth-order valence-corrected chi connectivity index (χ4v) is 2.65. The highest BCUT2D eigenvalue weighted by atomic mass is 35.5. The number of nitrogens with zero attached hydrogens (tertiary/aromatic N) is 1. The van der Waals surface area contributed by atoms with Crippen LogP contribution in [0, 0.1) is 6.92 Å². The van der Waals surface area contributed by atoms with E-state index in [0.717, 1.165) is 16.8 Å². The number of carbonyl (C=O) groups excluding carboxylic acids is 1. The number of aryl methyl sites for hydroxylation is 1. The zero-order chi connectivity index (χ0) is 17.5. The van der Waals surface area contributed by atoms with Gasteiger partial charge in [0, 0.05) is 17.3 Å². The number of hydrogen-bond acceptors (Lipinski definition) is 3. The van der Waals surface area contributed by atoms with Crippen molar-refractivity contribution in [3.8, 4) is 0 Å². The van der Waals surface area contributed by atoms with E-state index in [-0.39, 0.29) is 12.5 Å². The summed E-state index contributed by atoms with van der Waals surface area (Å²) < 4.78 is 4.77. The number of methoxy groups -OCH3 is 1. The van der Waals surface area contributed by atoms with Gasteiger partial charge in [-0.05, 0) is 48.5 Å². The minimum absolute atomic E-state index is 0.0733. The molecule has 0 saturated carbocycles. The Bertz CT molecular complexity index is 722. The van der Waals surface area contributed by atoms with E-state index in [2.05, 4.69) is 5.32 Å². The first kappa shape index (κ1) is 18.2. The van der Waals surface area contributed by atoms with Gasteiger partial charge in [0.25, 0.3) is 0 Å². The first-order valence-electron chi connectivity index (χ1n) is 7.42. The molecule has 0 spiro atoms. The minimum Gasteiger partial charge on any atom is -0.468 e. The molecular weight excluding hydrogens is 344 g/mol. The molecule has 0 heterocycles. The lowest BCUT2D eigenvalue weighted by Gasteiger charge is -2.25. The number of ether oxygens (including phenoxy) is 1. The number of benzene rings is 2. The smallest absolute Gasteiger partial charge is 0.325 e. The van der Waals surface area contributed by atoms with Crippen molar-refractivity contribution in [1.82, 2.24) is 4.90 Å². The monoisotopic (exact) mass is 362 g/mol. The fourth-order valence-electron chi connectivity index (χ4n) is 2.19. The third kappa shape index (κ3) is 5.22. The largest absolute Gasteiger partial charge is 0.468 e. The molecule has 1 N–H and O–H groups in total. The topological polar surface area (TPSA) is 41.6 Å². The third-order valence-electron chi connectivity index (χ3n) is 3.48. The van der Waals surface area contributed by atoms with E-state index < -0.39 is 0 Å². The number of esters is 1. The molecule has 24 heavy (non-hydrogen) atoms. The summed E-state index contributed by atoms with van der Waals surface area (Å²) in [6.07, 6.45) is 0. The van der Waals surface area contributed by atoms with Gasteiger partial charge in [0.2, 0.25) is 0 Å². The predicted molar refractivity (Wildman–Crippen MR) is 101 cm³/mol. The zero-order valence-corrected chi connectivity index (χ0v) is 15.2. The lowest BCUT2D eigenvalue weighted by atomic mass is 10.2. The normalized spacial score (nSPS) is 10.1. The highest BCUT2D eigenvalue weighted by Crippen LogP contribution is 2.20. The molecule has 0 bridgehead atoms. The Kier molecular flexibility index (Phi) is 6.58. The van der Waals surface area contributed by atoms with E-state index in [4.69, 9.17) is 28.6 Å². The van der Waals surface area contributed by atoms with Crippen molar-refractivity contribution in [2.24, 2.45) is 0 Å². The number of nitrogens with one attached hydrogen (secondary N) is 1. The van der Waals surface area contributed by atoms with Gasteiger partial charge >= 0.3 is 5.97 Å². The van der Waals surface area contributed by atoms with Crippen LogP contribution in [-0.2, 0) is 16.1 Å². The Balaban J connectivity index is 2.15. The van der Waals surface area contributed by atoms with Crippen LogP contribution in [0.5, 0.6) is 0 Å². The average molecular weight is 363 g/mol. The Hall–Kier alpha value is -2.11. The van der Waals surface area contributed by atoms with Gasteiger partial charge in [0.1, 0.15) is 6.54 Å². The van der Waals surface area contributed by atoms with E-state index >= 15 is 0 Å². The molecule has 0 radical (unpaired) electrons. The molecule has 0 aliphatic heterocycles. The minimum atomic E-state index is -0.345. The highest BCUT2D eigenvalue weighted by Gasteiger charge is 2.16. The van der Waals surface area contributed by atoms with Crippen LogP contribution < -0.4 is 5.32 Å². The summed E-state index contributed by atoms with van der Waals surface area (Å²) in [7, 11) is 1.36. The third-order valence-corrected chi connectivity index (χ3v) is 4.08. The van der Waals surface area contributed by atoms with Gasteiger partial charge in [-0.1, -0.05) is 41.9 Å². The number of carbonyl (C=O) groups is 1. The van der Waals surface area contributed by atoms with Gasteiger partial charge < -0.3 is 15.0 Å². The molecule has 0 aliphatic carbocycles. The number of hydrogen-bond donors (Lipinski definition) is 1. The second kappa shape index (κ2) is 8.66. The number of halogens is 1. The Morgan fingerprint density at radius 3 is 2.58 bits per heavy atom. The van der Waals surface area contributed by atoms with Crippen LogP contribution in [0.4, 0.5) is 5.69 Å². The van der Waals surface area contributed by atoms with E-state index in [1.807, 2.05) is 49.4 Å². The standard InChI is InChI=1S/C18H19ClN2O2S/c1-13-10-15(19)8-9-16(13)20-18(24)21(12-17(22)23-2)11-14-6-4-3-5-7-14/h3-10H,11-12H2,1-2H3,(H,20,24). The fraction of sp³-hybridized carbons (Fsp3) is 0.222.